The van der Waals surface area contributed by atoms with E-state index in [2.05, 4.69) is 34.7 Å². The van der Waals surface area contributed by atoms with Crippen LogP contribution in [-0.2, 0) is 4.74 Å². The monoisotopic (exact) mass is 438 g/mol. The van der Waals surface area contributed by atoms with Gasteiger partial charge in [0, 0.05) is 42.5 Å². The molecule has 0 aromatic rings. The maximum absolute atomic E-state index is 6.76. The van der Waals surface area contributed by atoms with E-state index in [0.717, 1.165) is 38.5 Å². The molecule has 0 amide bonds. The van der Waals surface area contributed by atoms with Crippen LogP contribution in [0.1, 0.15) is 65.2 Å². The van der Waals surface area contributed by atoms with Crippen molar-refractivity contribution < 1.29 is 4.74 Å². The van der Waals surface area contributed by atoms with Gasteiger partial charge in [-0.3, -0.25) is 10.2 Å². The molecule has 5 rings (SSSR count). The molecular formula is C24H43ClN4O. The fourth-order valence-electron chi connectivity index (χ4n) is 7.10. The van der Waals surface area contributed by atoms with Crippen molar-refractivity contribution in [2.24, 2.45) is 17.8 Å². The minimum Gasteiger partial charge on any atom is -0.372 e. The molecular weight excluding hydrogens is 396 g/mol. The topological polar surface area (TPSA) is 48.6 Å². The Morgan fingerprint density at radius 1 is 0.933 bits per heavy atom. The Labute approximate surface area is 188 Å². The summed E-state index contributed by atoms with van der Waals surface area (Å²) in [6.45, 7) is 9.33. The standard InChI is InChI=1S/C24H43ClN4O/c1-15-4-3-5-18(10-15)30-19-13-29(14-19)23-7-9-27-24(16(23)2)28-17-11-21(25)20-6-8-26-22(20)12-17/h15-24,26-28H,3-14H2,1-2H3. The molecule has 0 bridgehead atoms. The van der Waals surface area contributed by atoms with E-state index in [1.165, 1.54) is 44.9 Å². The molecule has 3 saturated heterocycles. The SMILES string of the molecule is CC1CCCC(OC2CN(C3CCNC(NC4CC(Cl)C5CCNC5C4)C3C)C2)C1. The number of rotatable bonds is 5. The van der Waals surface area contributed by atoms with Crippen LogP contribution in [0.15, 0.2) is 0 Å². The Morgan fingerprint density at radius 2 is 1.77 bits per heavy atom. The molecule has 0 aromatic carbocycles. The van der Waals surface area contributed by atoms with Gasteiger partial charge < -0.3 is 15.4 Å². The first-order valence-corrected chi connectivity index (χ1v) is 13.3. The highest BCUT2D eigenvalue weighted by molar-refractivity contribution is 6.21. The quantitative estimate of drug-likeness (QED) is 0.576. The van der Waals surface area contributed by atoms with Gasteiger partial charge in [0.15, 0.2) is 0 Å². The fourth-order valence-corrected chi connectivity index (χ4v) is 7.62. The molecule has 172 valence electrons. The van der Waals surface area contributed by atoms with Crippen LogP contribution in [0.4, 0.5) is 0 Å². The van der Waals surface area contributed by atoms with Crippen molar-refractivity contribution in [1.82, 2.24) is 20.9 Å². The Hall–Kier alpha value is 0.0900. The predicted molar refractivity (Wildman–Crippen MR) is 123 cm³/mol. The smallest absolute Gasteiger partial charge is 0.0832 e. The van der Waals surface area contributed by atoms with Gasteiger partial charge in [0.2, 0.25) is 0 Å². The van der Waals surface area contributed by atoms with E-state index in [1.807, 2.05) is 0 Å². The Balaban J connectivity index is 1.09. The number of halogens is 1. The number of hydrogen-bond donors (Lipinski definition) is 3. The highest BCUT2D eigenvalue weighted by Gasteiger charge is 2.43. The molecule has 5 aliphatic rings. The average molecular weight is 439 g/mol. The van der Waals surface area contributed by atoms with Crippen molar-refractivity contribution in [3.63, 3.8) is 0 Å². The van der Waals surface area contributed by atoms with Crippen LogP contribution in [0.5, 0.6) is 0 Å². The van der Waals surface area contributed by atoms with Crippen molar-refractivity contribution in [1.29, 1.82) is 0 Å². The van der Waals surface area contributed by atoms with E-state index < -0.39 is 0 Å². The molecule has 0 aromatic heterocycles. The lowest BCUT2D eigenvalue weighted by molar-refractivity contribution is -0.128. The van der Waals surface area contributed by atoms with E-state index in [9.17, 15) is 0 Å². The molecule has 2 aliphatic carbocycles. The zero-order chi connectivity index (χ0) is 20.7. The van der Waals surface area contributed by atoms with E-state index in [-0.39, 0.29) is 0 Å². The largest absolute Gasteiger partial charge is 0.372 e. The van der Waals surface area contributed by atoms with Crippen LogP contribution in [0, 0.1) is 17.8 Å². The second-order valence-electron chi connectivity index (χ2n) is 11.1. The summed E-state index contributed by atoms with van der Waals surface area (Å²) >= 11 is 6.76. The number of nitrogens with zero attached hydrogens (tertiary/aromatic N) is 1. The summed E-state index contributed by atoms with van der Waals surface area (Å²) in [5.41, 5.74) is 0. The molecule has 0 radical (unpaired) electrons. The average Bonchev–Trinajstić information content (AvgIpc) is 3.16. The van der Waals surface area contributed by atoms with Crippen LogP contribution in [0.2, 0.25) is 0 Å². The van der Waals surface area contributed by atoms with Crippen molar-refractivity contribution in [3.05, 3.63) is 0 Å². The van der Waals surface area contributed by atoms with Gasteiger partial charge in [-0.1, -0.05) is 26.7 Å². The lowest BCUT2D eigenvalue weighted by atomic mass is 9.81. The van der Waals surface area contributed by atoms with Gasteiger partial charge in [0.05, 0.1) is 18.4 Å². The van der Waals surface area contributed by atoms with Crippen LogP contribution < -0.4 is 16.0 Å². The third-order valence-corrected chi connectivity index (χ3v) is 9.39. The summed E-state index contributed by atoms with van der Waals surface area (Å²) in [7, 11) is 0. The zero-order valence-electron chi connectivity index (χ0n) is 19.0. The van der Waals surface area contributed by atoms with Crippen molar-refractivity contribution >= 4 is 11.6 Å². The molecule has 2 saturated carbocycles. The lowest BCUT2D eigenvalue weighted by Gasteiger charge is -2.51. The number of fused-ring (bicyclic) bond motifs is 1. The first kappa shape index (κ1) is 21.9. The molecule has 6 heteroatoms. The number of hydrogen-bond acceptors (Lipinski definition) is 5. The number of alkyl halides is 1. The first-order chi connectivity index (χ1) is 14.6. The van der Waals surface area contributed by atoms with Crippen molar-refractivity contribution in [2.45, 2.75) is 107 Å². The lowest BCUT2D eigenvalue weighted by Crippen LogP contribution is -2.66. The van der Waals surface area contributed by atoms with Crippen LogP contribution in [0.3, 0.4) is 0 Å². The Morgan fingerprint density at radius 3 is 2.60 bits per heavy atom. The molecule has 5 fully saturated rings. The van der Waals surface area contributed by atoms with Gasteiger partial charge in [-0.05, 0) is 63.5 Å². The van der Waals surface area contributed by atoms with Gasteiger partial charge in [-0.2, -0.15) is 0 Å². The molecule has 3 aliphatic heterocycles. The normalized spacial score (nSPS) is 48.3. The van der Waals surface area contributed by atoms with E-state index in [0.29, 0.717) is 53.7 Å². The molecule has 9 atom stereocenters. The summed E-state index contributed by atoms with van der Waals surface area (Å²) < 4.78 is 6.46. The van der Waals surface area contributed by atoms with E-state index in [1.54, 1.807) is 0 Å². The van der Waals surface area contributed by atoms with Gasteiger partial charge in [-0.15, -0.1) is 11.6 Å². The van der Waals surface area contributed by atoms with Crippen molar-refractivity contribution in [3.8, 4) is 0 Å². The molecule has 5 nitrogen and oxygen atoms in total. The molecule has 30 heavy (non-hydrogen) atoms. The third kappa shape index (κ3) is 4.72. The predicted octanol–water partition coefficient (Wildman–Crippen LogP) is 2.93. The molecule has 0 spiro atoms. The van der Waals surface area contributed by atoms with Gasteiger partial charge in [-0.25, -0.2) is 0 Å². The first-order valence-electron chi connectivity index (χ1n) is 12.8. The second kappa shape index (κ2) is 9.52. The number of nitrogens with one attached hydrogen (secondary N) is 3. The summed E-state index contributed by atoms with van der Waals surface area (Å²) in [4.78, 5) is 2.69. The maximum atomic E-state index is 6.76. The van der Waals surface area contributed by atoms with Gasteiger partial charge in [0.25, 0.3) is 0 Å². The minimum atomic E-state index is 0.321. The second-order valence-corrected chi connectivity index (χ2v) is 11.7. The fraction of sp³-hybridized carbons (Fsp3) is 1.00. The van der Waals surface area contributed by atoms with Crippen LogP contribution in [0.25, 0.3) is 0 Å². The summed E-state index contributed by atoms with van der Waals surface area (Å²) in [5, 5.41) is 11.8. The highest BCUT2D eigenvalue weighted by Crippen LogP contribution is 2.36. The summed E-state index contributed by atoms with van der Waals surface area (Å²) in [6, 6.07) is 1.81. The summed E-state index contributed by atoms with van der Waals surface area (Å²) in [6.07, 6.45) is 11.5. The Kier molecular flexibility index (Phi) is 6.96. The van der Waals surface area contributed by atoms with E-state index >= 15 is 0 Å². The minimum absolute atomic E-state index is 0.321. The van der Waals surface area contributed by atoms with Crippen LogP contribution in [-0.4, -0.2) is 73.0 Å². The highest BCUT2D eigenvalue weighted by atomic mass is 35.5. The molecule has 9 unspecified atom stereocenters. The van der Waals surface area contributed by atoms with Gasteiger partial charge >= 0.3 is 0 Å². The molecule has 3 N–H and O–H groups in total. The maximum Gasteiger partial charge on any atom is 0.0832 e. The number of piperidine rings is 1. The van der Waals surface area contributed by atoms with Crippen molar-refractivity contribution in [2.75, 3.05) is 26.2 Å². The summed E-state index contributed by atoms with van der Waals surface area (Å²) in [5.74, 6) is 2.13. The zero-order valence-corrected chi connectivity index (χ0v) is 19.7. The van der Waals surface area contributed by atoms with E-state index in [4.69, 9.17) is 16.3 Å². The Bertz CT molecular complexity index is 573. The third-order valence-electron chi connectivity index (χ3n) is 8.88. The number of ether oxygens (including phenoxy) is 1. The van der Waals surface area contributed by atoms with Gasteiger partial charge in [0.1, 0.15) is 0 Å². The number of likely N-dealkylation sites (tertiary alicyclic amines) is 1. The van der Waals surface area contributed by atoms with Crippen LogP contribution >= 0.6 is 11.6 Å². The molecule has 3 heterocycles.